The van der Waals surface area contributed by atoms with Crippen LogP contribution >= 0.6 is 0 Å². The fraction of sp³-hybridized carbons (Fsp3) is 0.571. The van der Waals surface area contributed by atoms with Crippen LogP contribution in [-0.4, -0.2) is 37.1 Å². The quantitative estimate of drug-likeness (QED) is 0.852. The molecule has 0 spiro atoms. The van der Waals surface area contributed by atoms with Crippen molar-refractivity contribution in [2.24, 2.45) is 0 Å². The second kappa shape index (κ2) is 5.74. The molecular weight excluding hydrogens is 248 g/mol. The SMILES string of the molecule is CCN(CC)C1CCN(c2c(F)cc(N)cc2F)C1. The first-order valence-electron chi connectivity index (χ1n) is 6.80. The third kappa shape index (κ3) is 2.81. The minimum atomic E-state index is -0.572. The van der Waals surface area contributed by atoms with Crippen molar-refractivity contribution in [3.8, 4) is 0 Å². The number of benzene rings is 1. The van der Waals surface area contributed by atoms with Gasteiger partial charge in [-0.15, -0.1) is 0 Å². The summed E-state index contributed by atoms with van der Waals surface area (Å²) in [7, 11) is 0. The van der Waals surface area contributed by atoms with Gasteiger partial charge in [0.2, 0.25) is 0 Å². The molecule has 0 radical (unpaired) electrons. The van der Waals surface area contributed by atoms with Crippen LogP contribution in [0.3, 0.4) is 0 Å². The fourth-order valence-electron chi connectivity index (χ4n) is 2.87. The van der Waals surface area contributed by atoms with Gasteiger partial charge in [-0.25, -0.2) is 8.78 Å². The molecule has 1 aromatic rings. The maximum absolute atomic E-state index is 13.9. The van der Waals surface area contributed by atoms with Gasteiger partial charge in [-0.2, -0.15) is 0 Å². The summed E-state index contributed by atoms with van der Waals surface area (Å²) < 4.78 is 27.8. The molecule has 1 unspecified atom stereocenters. The topological polar surface area (TPSA) is 32.5 Å². The summed E-state index contributed by atoms with van der Waals surface area (Å²) in [5.74, 6) is -1.14. The van der Waals surface area contributed by atoms with E-state index in [1.54, 1.807) is 4.90 Å². The van der Waals surface area contributed by atoms with E-state index in [0.717, 1.165) is 19.5 Å². The van der Waals surface area contributed by atoms with Crippen molar-refractivity contribution < 1.29 is 8.78 Å². The summed E-state index contributed by atoms with van der Waals surface area (Å²) in [5.41, 5.74) is 5.62. The molecule has 1 aromatic carbocycles. The van der Waals surface area contributed by atoms with Gasteiger partial charge in [-0.05, 0) is 31.6 Å². The van der Waals surface area contributed by atoms with Gasteiger partial charge in [0.1, 0.15) is 5.69 Å². The molecule has 1 heterocycles. The number of halogens is 2. The summed E-state index contributed by atoms with van der Waals surface area (Å²) >= 11 is 0. The van der Waals surface area contributed by atoms with Crippen LogP contribution in [-0.2, 0) is 0 Å². The molecule has 0 amide bonds. The molecule has 0 aromatic heterocycles. The Morgan fingerprint density at radius 2 is 1.84 bits per heavy atom. The second-order valence-electron chi connectivity index (χ2n) is 4.94. The van der Waals surface area contributed by atoms with Crippen LogP contribution in [0.25, 0.3) is 0 Å². The van der Waals surface area contributed by atoms with E-state index >= 15 is 0 Å². The molecular formula is C14H21F2N3. The minimum absolute atomic E-state index is 0.0591. The number of nitrogen functional groups attached to an aromatic ring is 1. The van der Waals surface area contributed by atoms with Crippen molar-refractivity contribution in [2.75, 3.05) is 36.8 Å². The lowest BCUT2D eigenvalue weighted by molar-refractivity contribution is 0.232. The Morgan fingerprint density at radius 3 is 2.37 bits per heavy atom. The van der Waals surface area contributed by atoms with Gasteiger partial charge in [0.15, 0.2) is 11.6 Å². The van der Waals surface area contributed by atoms with Crippen LogP contribution in [0, 0.1) is 11.6 Å². The maximum Gasteiger partial charge on any atom is 0.151 e. The molecule has 1 saturated heterocycles. The highest BCUT2D eigenvalue weighted by Gasteiger charge is 2.29. The highest BCUT2D eigenvalue weighted by atomic mass is 19.1. The molecule has 1 fully saturated rings. The molecule has 1 atom stereocenters. The number of hydrogen-bond donors (Lipinski definition) is 1. The molecule has 19 heavy (non-hydrogen) atoms. The van der Waals surface area contributed by atoms with E-state index in [-0.39, 0.29) is 11.4 Å². The van der Waals surface area contributed by atoms with Crippen molar-refractivity contribution in [1.29, 1.82) is 0 Å². The molecule has 0 saturated carbocycles. The molecule has 1 aliphatic rings. The van der Waals surface area contributed by atoms with Crippen molar-refractivity contribution in [2.45, 2.75) is 26.3 Å². The van der Waals surface area contributed by atoms with Crippen molar-refractivity contribution in [1.82, 2.24) is 4.90 Å². The zero-order valence-electron chi connectivity index (χ0n) is 11.5. The van der Waals surface area contributed by atoms with Crippen molar-refractivity contribution in [3.63, 3.8) is 0 Å². The lowest BCUT2D eigenvalue weighted by atomic mass is 10.2. The lowest BCUT2D eigenvalue weighted by Gasteiger charge is -2.27. The van der Waals surface area contributed by atoms with Gasteiger partial charge in [0, 0.05) is 24.8 Å². The van der Waals surface area contributed by atoms with Gasteiger partial charge >= 0.3 is 0 Å². The average molecular weight is 269 g/mol. The molecule has 1 aliphatic heterocycles. The fourth-order valence-corrected chi connectivity index (χ4v) is 2.87. The normalized spacial score (nSPS) is 19.4. The van der Waals surface area contributed by atoms with Crippen LogP contribution < -0.4 is 10.6 Å². The zero-order valence-corrected chi connectivity index (χ0v) is 11.5. The van der Waals surface area contributed by atoms with E-state index in [4.69, 9.17) is 5.73 Å². The van der Waals surface area contributed by atoms with E-state index < -0.39 is 11.6 Å². The summed E-state index contributed by atoms with van der Waals surface area (Å²) in [5, 5.41) is 0. The maximum atomic E-state index is 13.9. The van der Waals surface area contributed by atoms with Crippen LogP contribution in [0.5, 0.6) is 0 Å². The highest BCUT2D eigenvalue weighted by molar-refractivity contribution is 5.56. The highest BCUT2D eigenvalue weighted by Crippen LogP contribution is 2.30. The first kappa shape index (κ1) is 14.1. The summed E-state index contributed by atoms with van der Waals surface area (Å²) in [6, 6.07) is 2.73. The number of rotatable bonds is 4. The van der Waals surface area contributed by atoms with Gasteiger partial charge in [0.25, 0.3) is 0 Å². The monoisotopic (exact) mass is 269 g/mol. The van der Waals surface area contributed by atoms with E-state index in [2.05, 4.69) is 18.7 Å². The first-order valence-corrected chi connectivity index (χ1v) is 6.80. The largest absolute Gasteiger partial charge is 0.399 e. The zero-order chi connectivity index (χ0) is 14.0. The van der Waals surface area contributed by atoms with E-state index in [9.17, 15) is 8.78 Å². The Hall–Kier alpha value is -1.36. The van der Waals surface area contributed by atoms with Crippen molar-refractivity contribution in [3.05, 3.63) is 23.8 Å². The second-order valence-corrected chi connectivity index (χ2v) is 4.94. The number of anilines is 2. The smallest absolute Gasteiger partial charge is 0.151 e. The van der Waals surface area contributed by atoms with Gasteiger partial charge in [0.05, 0.1) is 0 Å². The van der Waals surface area contributed by atoms with Gasteiger partial charge < -0.3 is 10.6 Å². The van der Waals surface area contributed by atoms with Crippen LogP contribution in [0.1, 0.15) is 20.3 Å². The van der Waals surface area contributed by atoms with E-state index in [0.29, 0.717) is 19.1 Å². The number of likely N-dealkylation sites (N-methyl/N-ethyl adjacent to an activating group) is 1. The van der Waals surface area contributed by atoms with Crippen LogP contribution in [0.15, 0.2) is 12.1 Å². The standard InChI is InChI=1S/C14H21F2N3/c1-3-18(4-2)11-5-6-19(9-11)14-12(15)7-10(17)8-13(14)16/h7-8,11H,3-6,9,17H2,1-2H3. The molecule has 2 rings (SSSR count). The van der Waals surface area contributed by atoms with Crippen LogP contribution in [0.4, 0.5) is 20.2 Å². The summed E-state index contributed by atoms with van der Waals surface area (Å²) in [6.07, 6.45) is 0.935. The molecule has 2 N–H and O–H groups in total. The number of nitrogens with zero attached hydrogens (tertiary/aromatic N) is 2. The Balaban J connectivity index is 2.17. The molecule has 3 nitrogen and oxygen atoms in total. The van der Waals surface area contributed by atoms with E-state index in [1.807, 2.05) is 0 Å². The first-order chi connectivity index (χ1) is 9.06. The van der Waals surface area contributed by atoms with Crippen LogP contribution in [0.2, 0.25) is 0 Å². The Labute approximate surface area is 113 Å². The molecule has 0 aliphatic carbocycles. The predicted molar refractivity (Wildman–Crippen MR) is 74.3 cm³/mol. The van der Waals surface area contributed by atoms with Gasteiger partial charge in [-0.3, -0.25) is 4.90 Å². The number of hydrogen-bond acceptors (Lipinski definition) is 3. The Morgan fingerprint density at radius 1 is 1.26 bits per heavy atom. The Kier molecular flexibility index (Phi) is 4.24. The minimum Gasteiger partial charge on any atom is -0.399 e. The van der Waals surface area contributed by atoms with E-state index in [1.165, 1.54) is 12.1 Å². The molecule has 0 bridgehead atoms. The predicted octanol–water partition coefficient (Wildman–Crippen LogP) is 2.47. The third-order valence-corrected chi connectivity index (χ3v) is 3.85. The summed E-state index contributed by atoms with van der Waals surface area (Å²) in [4.78, 5) is 4.11. The van der Waals surface area contributed by atoms with Gasteiger partial charge in [-0.1, -0.05) is 13.8 Å². The van der Waals surface area contributed by atoms with Crippen molar-refractivity contribution >= 4 is 11.4 Å². The Bertz CT molecular complexity index is 423. The molecule has 5 heteroatoms. The molecule has 106 valence electrons. The third-order valence-electron chi connectivity index (χ3n) is 3.85. The average Bonchev–Trinajstić information content (AvgIpc) is 2.78. The lowest BCUT2D eigenvalue weighted by Crippen LogP contribution is -2.37. The summed E-state index contributed by atoms with van der Waals surface area (Å²) in [6.45, 7) is 7.48. The number of nitrogens with two attached hydrogens (primary N) is 1.